The number of nitrogens with zero attached hydrogens (tertiary/aromatic N) is 1. The minimum Gasteiger partial charge on any atom is -0.383 e. The Morgan fingerprint density at radius 1 is 1.28 bits per heavy atom. The number of aliphatic hydroxyl groups is 1. The zero-order valence-corrected chi connectivity index (χ0v) is 18.0. The zero-order valence-electron chi connectivity index (χ0n) is 16.2. The van der Waals surface area contributed by atoms with E-state index in [1.165, 1.54) is 6.20 Å². The number of carbonyl (C=O) groups is 2. The van der Waals surface area contributed by atoms with Crippen LogP contribution in [-0.2, 0) is 35.2 Å². The fraction of sp³-hybridized carbons (Fsp3) is 0.421. The number of hydrogen-bond donors (Lipinski definition) is 5. The molecule has 2 aromatic rings. The number of rotatable bonds is 4. The van der Waals surface area contributed by atoms with E-state index in [4.69, 9.17) is 5.14 Å². The third kappa shape index (κ3) is 3.73. The molecular weight excluding hydrogens is 412 g/mol. The average Bonchev–Trinajstić information content (AvgIpc) is 3.33. The number of ketones is 1. The van der Waals surface area contributed by atoms with Gasteiger partial charge in [0, 0.05) is 22.3 Å². The predicted octanol–water partition coefficient (Wildman–Crippen LogP) is 1.97. The molecule has 0 fully saturated rings. The lowest BCUT2D eigenvalue weighted by atomic mass is 9.98. The van der Waals surface area contributed by atoms with E-state index >= 15 is 0 Å². The zero-order chi connectivity index (χ0) is 21.0. The number of thiazole rings is 1. The number of anilines is 1. The summed E-state index contributed by atoms with van der Waals surface area (Å²) in [4.78, 5) is 29.1. The maximum atomic E-state index is 12.9. The number of carbonyl (C=O) groups excluding carboxylic acids is 2. The van der Waals surface area contributed by atoms with Gasteiger partial charge in [0.25, 0.3) is 0 Å². The molecule has 0 spiro atoms. The normalized spacial score (nSPS) is 16.5. The maximum absolute atomic E-state index is 12.9. The number of urea groups is 1. The van der Waals surface area contributed by atoms with Crippen molar-refractivity contribution < 1.29 is 18.9 Å². The molecular formula is C19H24N4O4S2. The van der Waals surface area contributed by atoms with Crippen molar-refractivity contribution >= 4 is 39.1 Å². The van der Waals surface area contributed by atoms with Gasteiger partial charge in [-0.2, -0.15) is 0 Å². The van der Waals surface area contributed by atoms with E-state index in [1.807, 2.05) is 0 Å². The summed E-state index contributed by atoms with van der Waals surface area (Å²) in [6.07, 6.45) is 5.09. The average molecular weight is 437 g/mol. The Hall–Kier alpha value is -2.14. The van der Waals surface area contributed by atoms with Crippen molar-refractivity contribution in [3.63, 3.8) is 0 Å². The lowest BCUT2D eigenvalue weighted by Crippen LogP contribution is -2.44. The minimum atomic E-state index is -3.74. The molecule has 8 nitrogen and oxygen atoms in total. The molecule has 1 aromatic heterocycles. The van der Waals surface area contributed by atoms with Gasteiger partial charge in [-0.3, -0.25) is 14.7 Å². The molecule has 1 heterocycles. The van der Waals surface area contributed by atoms with Crippen molar-refractivity contribution in [2.75, 3.05) is 5.32 Å². The Morgan fingerprint density at radius 2 is 2.03 bits per heavy atom. The second-order valence-corrected chi connectivity index (χ2v) is 11.3. The van der Waals surface area contributed by atoms with Gasteiger partial charge in [0.15, 0.2) is 5.78 Å². The van der Waals surface area contributed by atoms with Gasteiger partial charge in [0.1, 0.15) is 14.8 Å². The molecule has 4 rings (SSSR count). The van der Waals surface area contributed by atoms with E-state index < -0.39 is 21.9 Å². The van der Waals surface area contributed by atoms with Crippen LogP contribution in [0.1, 0.15) is 58.7 Å². The first-order chi connectivity index (χ1) is 13.6. The highest BCUT2D eigenvalue weighted by Crippen LogP contribution is 2.38. The van der Waals surface area contributed by atoms with Crippen LogP contribution in [-0.4, -0.2) is 26.1 Å². The lowest BCUT2D eigenvalue weighted by Gasteiger charge is -2.21. The summed E-state index contributed by atoms with van der Waals surface area (Å²) in [5.41, 5.74) is 2.98. The third-order valence-corrected chi connectivity index (χ3v) is 8.74. The van der Waals surface area contributed by atoms with Crippen LogP contribution in [0.2, 0.25) is 0 Å². The van der Waals surface area contributed by atoms with Crippen LogP contribution in [0.25, 0.3) is 0 Å². The Bertz CT molecular complexity index is 1070. The lowest BCUT2D eigenvalue weighted by molar-refractivity contribution is 0.0782. The molecule has 0 radical (unpaired) electrons. The van der Waals surface area contributed by atoms with Gasteiger partial charge >= 0.3 is 6.03 Å². The van der Waals surface area contributed by atoms with Crippen LogP contribution in [0, 0.1) is 0 Å². The Balaban J connectivity index is 1.59. The van der Waals surface area contributed by atoms with Crippen LogP contribution in [0.3, 0.4) is 0 Å². The molecule has 2 amide bonds. The van der Waals surface area contributed by atoms with Gasteiger partial charge in [0.2, 0.25) is 0 Å². The summed E-state index contributed by atoms with van der Waals surface area (Å²) in [6.45, 7) is 3.12. The standard InChI is InChI=1S/C19H24N4O4S2/c1-19(2,26)17-21-9-14(28-17)29(20,27)23-18(25)22-16-12-5-3-4-10(12)8-11-6-7-13(24)15(11)16/h8-9,26,29H,3-7H2,1-2H3,(H4,20,22,23,25,27). The number of nitrogens with two attached hydrogens (primary N) is 1. The van der Waals surface area contributed by atoms with Crippen LogP contribution >= 0.6 is 11.3 Å². The van der Waals surface area contributed by atoms with Crippen molar-refractivity contribution in [3.8, 4) is 0 Å². The van der Waals surface area contributed by atoms with Crippen molar-refractivity contribution in [1.82, 2.24) is 9.71 Å². The molecule has 1 aromatic carbocycles. The number of hydrogen-bond acceptors (Lipinski definition) is 6. The van der Waals surface area contributed by atoms with E-state index in [-0.39, 0.29) is 9.99 Å². The van der Waals surface area contributed by atoms with Gasteiger partial charge in [-0.1, -0.05) is 6.07 Å². The topological polar surface area (TPSA) is 134 Å². The van der Waals surface area contributed by atoms with E-state index in [0.717, 1.165) is 47.3 Å². The Kier molecular flexibility index (Phi) is 4.85. The summed E-state index contributed by atoms with van der Waals surface area (Å²) in [6, 6.07) is 1.35. The van der Waals surface area contributed by atoms with Gasteiger partial charge in [0.05, 0.1) is 11.9 Å². The number of benzene rings is 1. The smallest absolute Gasteiger partial charge is 0.330 e. The minimum absolute atomic E-state index is 0.0122. The maximum Gasteiger partial charge on any atom is 0.330 e. The molecule has 0 saturated carbocycles. The highest BCUT2D eigenvalue weighted by Gasteiger charge is 2.30. The van der Waals surface area contributed by atoms with Crippen LogP contribution < -0.4 is 15.2 Å². The molecule has 10 heteroatoms. The molecule has 0 bridgehead atoms. The Morgan fingerprint density at radius 3 is 2.72 bits per heavy atom. The van der Waals surface area contributed by atoms with Crippen molar-refractivity contribution in [1.29, 1.82) is 0 Å². The fourth-order valence-electron chi connectivity index (χ4n) is 3.88. The highest BCUT2D eigenvalue weighted by molar-refractivity contribution is 8.01. The summed E-state index contributed by atoms with van der Waals surface area (Å²) in [5.74, 6) is 0.0122. The highest BCUT2D eigenvalue weighted by atomic mass is 32.3. The van der Waals surface area contributed by atoms with E-state index in [2.05, 4.69) is 21.1 Å². The number of fused-ring (bicyclic) bond motifs is 2. The van der Waals surface area contributed by atoms with E-state index in [1.54, 1.807) is 13.8 Å². The van der Waals surface area contributed by atoms with E-state index in [0.29, 0.717) is 29.1 Å². The third-order valence-electron chi connectivity index (χ3n) is 5.23. The van der Waals surface area contributed by atoms with E-state index in [9.17, 15) is 18.9 Å². The molecule has 2 aliphatic carbocycles. The first-order valence-corrected chi connectivity index (χ1v) is 12.0. The summed E-state index contributed by atoms with van der Waals surface area (Å²) in [5, 5.41) is 19.0. The molecule has 0 saturated heterocycles. The van der Waals surface area contributed by atoms with Crippen molar-refractivity contribution in [2.45, 2.75) is 55.8 Å². The molecule has 0 unspecified atom stereocenters. The SMILES string of the molecule is CC(C)(O)c1ncc([SH](N)(=O)NC(=O)Nc2c3c(cc4c2C(=O)CC4)CCC3)s1. The molecule has 5 N–H and O–H groups in total. The molecule has 2 aliphatic rings. The molecule has 156 valence electrons. The number of aryl methyl sites for hydroxylation is 2. The number of aromatic nitrogens is 1. The largest absolute Gasteiger partial charge is 0.383 e. The quantitative estimate of drug-likeness (QED) is 0.467. The number of thiol groups is 1. The number of amides is 2. The second kappa shape index (κ2) is 6.98. The van der Waals surface area contributed by atoms with Gasteiger partial charge in [-0.25, -0.2) is 14.0 Å². The Labute approximate surface area is 173 Å². The number of nitrogens with one attached hydrogen (secondary N) is 2. The molecule has 29 heavy (non-hydrogen) atoms. The summed E-state index contributed by atoms with van der Waals surface area (Å²) in [7, 11) is -3.74. The molecule has 0 atom stereocenters. The molecule has 0 aliphatic heterocycles. The van der Waals surface area contributed by atoms with Crippen LogP contribution in [0.4, 0.5) is 10.5 Å². The van der Waals surface area contributed by atoms with Crippen LogP contribution in [0.5, 0.6) is 0 Å². The number of Topliss-reactive ketones (excluding diaryl/α,β-unsaturated/α-hetero) is 1. The van der Waals surface area contributed by atoms with Gasteiger partial charge in [-0.15, -0.1) is 11.3 Å². The predicted molar refractivity (Wildman–Crippen MR) is 113 cm³/mol. The van der Waals surface area contributed by atoms with Crippen LogP contribution in [0.15, 0.2) is 16.5 Å². The summed E-state index contributed by atoms with van der Waals surface area (Å²) >= 11 is 0.990. The first kappa shape index (κ1) is 20.1. The first-order valence-electron chi connectivity index (χ1n) is 9.44. The fourth-order valence-corrected chi connectivity index (χ4v) is 6.18. The summed E-state index contributed by atoms with van der Waals surface area (Å²) < 4.78 is 15.4. The van der Waals surface area contributed by atoms with Gasteiger partial charge < -0.3 is 10.4 Å². The van der Waals surface area contributed by atoms with Crippen molar-refractivity contribution in [2.24, 2.45) is 5.14 Å². The van der Waals surface area contributed by atoms with Crippen molar-refractivity contribution in [3.05, 3.63) is 39.5 Å². The monoisotopic (exact) mass is 436 g/mol. The van der Waals surface area contributed by atoms with Gasteiger partial charge in [-0.05, 0) is 56.2 Å². The second-order valence-electron chi connectivity index (χ2n) is 7.99.